The van der Waals surface area contributed by atoms with Gasteiger partial charge >= 0.3 is 0 Å². The second-order valence-corrected chi connectivity index (χ2v) is 12.0. The number of aliphatic hydroxyl groups is 1. The molecule has 0 radical (unpaired) electrons. The molecule has 3 atom stereocenters. The van der Waals surface area contributed by atoms with Gasteiger partial charge in [0.1, 0.15) is 34.6 Å². The van der Waals surface area contributed by atoms with Gasteiger partial charge in [0.05, 0.1) is 25.9 Å². The maximum atomic E-state index is 14.8. The predicted octanol–water partition coefficient (Wildman–Crippen LogP) is 6.11. The molecule has 2 N–H and O–H groups in total. The van der Waals surface area contributed by atoms with Gasteiger partial charge in [-0.25, -0.2) is 13.8 Å². The van der Waals surface area contributed by atoms with Crippen LogP contribution in [0.3, 0.4) is 0 Å². The van der Waals surface area contributed by atoms with Gasteiger partial charge in [-0.2, -0.15) is 0 Å². The Bertz CT molecular complexity index is 1230. The van der Waals surface area contributed by atoms with Gasteiger partial charge in [-0.15, -0.1) is 0 Å². The second kappa shape index (κ2) is 12.5. The van der Waals surface area contributed by atoms with E-state index in [4.69, 9.17) is 19.2 Å². The van der Waals surface area contributed by atoms with E-state index in [-0.39, 0.29) is 24.4 Å². The summed E-state index contributed by atoms with van der Waals surface area (Å²) in [5.41, 5.74) is 2.07. The number of rotatable bonds is 11. The molecule has 9 heteroatoms. The number of methoxy groups -OCH3 is 1. The number of pyridine rings is 1. The lowest BCUT2D eigenvalue weighted by Gasteiger charge is -2.35. The van der Waals surface area contributed by atoms with Crippen LogP contribution in [0.15, 0.2) is 30.5 Å². The first-order valence-electron chi connectivity index (χ1n) is 14.8. The van der Waals surface area contributed by atoms with Crippen LogP contribution in [-0.4, -0.2) is 66.7 Å². The summed E-state index contributed by atoms with van der Waals surface area (Å²) in [6.45, 7) is 9.91. The lowest BCUT2D eigenvalue weighted by molar-refractivity contribution is 0.0519. The summed E-state index contributed by atoms with van der Waals surface area (Å²) in [7, 11) is 1.71. The summed E-state index contributed by atoms with van der Waals surface area (Å²) in [4.78, 5) is 6.87. The lowest BCUT2D eigenvalue weighted by Crippen LogP contribution is -2.37. The van der Waals surface area contributed by atoms with E-state index < -0.39 is 17.5 Å². The van der Waals surface area contributed by atoms with Crippen molar-refractivity contribution in [3.63, 3.8) is 0 Å². The van der Waals surface area contributed by atoms with Crippen molar-refractivity contribution in [3.05, 3.63) is 58.7 Å². The molecule has 2 aromatic rings. The van der Waals surface area contributed by atoms with Crippen LogP contribution in [0, 0.1) is 11.7 Å². The predicted molar refractivity (Wildman–Crippen MR) is 155 cm³/mol. The van der Waals surface area contributed by atoms with Crippen molar-refractivity contribution in [3.8, 4) is 11.5 Å². The van der Waals surface area contributed by atoms with E-state index in [1.807, 2.05) is 0 Å². The molecule has 1 aromatic carbocycles. The fourth-order valence-corrected chi connectivity index (χ4v) is 6.30. The number of fused-ring (bicyclic) bond motifs is 2. The van der Waals surface area contributed by atoms with Gasteiger partial charge in [-0.3, -0.25) is 4.90 Å². The second-order valence-electron chi connectivity index (χ2n) is 12.0. The third kappa shape index (κ3) is 6.78. The highest BCUT2D eigenvalue weighted by atomic mass is 19.1. The number of ether oxygens (including phenoxy) is 3. The van der Waals surface area contributed by atoms with E-state index >= 15 is 0 Å². The van der Waals surface area contributed by atoms with Crippen molar-refractivity contribution in [2.75, 3.05) is 45.3 Å². The number of anilines is 1. The minimum absolute atomic E-state index is 0.00109. The molecule has 0 saturated carbocycles. The molecule has 224 valence electrons. The van der Waals surface area contributed by atoms with Gasteiger partial charge in [0.2, 0.25) is 0 Å². The Morgan fingerprint density at radius 3 is 2.88 bits per heavy atom. The van der Waals surface area contributed by atoms with Gasteiger partial charge < -0.3 is 24.6 Å². The van der Waals surface area contributed by atoms with Gasteiger partial charge in [-0.1, -0.05) is 6.58 Å². The highest BCUT2D eigenvalue weighted by Gasteiger charge is 2.38. The van der Waals surface area contributed by atoms with E-state index in [2.05, 4.69) is 22.9 Å². The molecule has 0 amide bonds. The first-order valence-corrected chi connectivity index (χ1v) is 14.8. The van der Waals surface area contributed by atoms with Gasteiger partial charge in [0.15, 0.2) is 0 Å². The van der Waals surface area contributed by atoms with Crippen LogP contribution >= 0.6 is 0 Å². The Morgan fingerprint density at radius 1 is 1.29 bits per heavy atom. The van der Waals surface area contributed by atoms with Crippen molar-refractivity contribution < 1.29 is 28.1 Å². The molecule has 0 spiro atoms. The summed E-state index contributed by atoms with van der Waals surface area (Å²) < 4.78 is 47.1. The first kappa shape index (κ1) is 29.6. The van der Waals surface area contributed by atoms with E-state index in [9.17, 15) is 13.9 Å². The van der Waals surface area contributed by atoms with E-state index in [0.29, 0.717) is 37.4 Å². The smallest absolute Gasteiger partial charge is 0.133 e. The fourth-order valence-electron chi connectivity index (χ4n) is 6.30. The van der Waals surface area contributed by atoms with Crippen molar-refractivity contribution >= 4 is 5.82 Å². The molecule has 3 aliphatic heterocycles. The molecule has 5 rings (SSSR count). The van der Waals surface area contributed by atoms with Crippen LogP contribution in [0.1, 0.15) is 68.0 Å². The van der Waals surface area contributed by atoms with Crippen molar-refractivity contribution in [2.45, 2.75) is 76.6 Å². The highest BCUT2D eigenvalue weighted by Crippen LogP contribution is 2.42. The van der Waals surface area contributed by atoms with Crippen molar-refractivity contribution in [1.29, 1.82) is 0 Å². The molecule has 1 saturated heterocycles. The Labute approximate surface area is 241 Å². The number of likely N-dealkylation sites (tertiary alicyclic amines) is 1. The number of hydrogen-bond acceptors (Lipinski definition) is 7. The molecule has 0 aliphatic carbocycles. The van der Waals surface area contributed by atoms with Crippen LogP contribution in [0.4, 0.5) is 14.6 Å². The molecule has 1 fully saturated rings. The molecule has 1 unspecified atom stereocenters. The number of hydrogen-bond donors (Lipinski definition) is 2. The number of alkyl halides is 1. The number of aryl methyl sites for hydroxylation is 1. The number of unbranched alkanes of at least 4 members (excludes halogenated alkanes) is 1. The zero-order valence-corrected chi connectivity index (χ0v) is 24.5. The zero-order valence-electron chi connectivity index (χ0n) is 24.5. The quantitative estimate of drug-likeness (QED) is 0.249. The Morgan fingerprint density at radius 2 is 2.12 bits per heavy atom. The normalized spacial score (nSPS) is 21.4. The van der Waals surface area contributed by atoms with Crippen LogP contribution < -0.4 is 14.8 Å². The largest absolute Gasteiger partial charge is 0.511 e. The minimum atomic E-state index is -1.44. The number of nitrogens with zero attached hydrogens (tertiary/aromatic N) is 2. The SMILES string of the molecule is C=C(O)[C@H](c1cc(F)cc2c1CC(C(C)(C)F)CO2)N1CC[C@@H](OCCCCc2cc(OC)c3c(n2)NCCC3)C1. The monoisotopic (exact) mass is 571 g/mol. The molecular weight excluding hydrogens is 528 g/mol. The fraction of sp³-hybridized carbons (Fsp3) is 0.594. The summed E-state index contributed by atoms with van der Waals surface area (Å²) in [5, 5.41) is 14.1. The summed E-state index contributed by atoms with van der Waals surface area (Å²) in [6, 6.07) is 4.21. The maximum Gasteiger partial charge on any atom is 0.133 e. The number of aromatic nitrogens is 1. The number of aliphatic hydroxyl groups excluding tert-OH is 1. The van der Waals surface area contributed by atoms with Crippen LogP contribution in [0.5, 0.6) is 11.5 Å². The average Bonchev–Trinajstić information content (AvgIpc) is 3.39. The van der Waals surface area contributed by atoms with Gasteiger partial charge in [-0.05, 0) is 70.4 Å². The van der Waals surface area contributed by atoms with Crippen molar-refractivity contribution in [1.82, 2.24) is 9.88 Å². The first-order chi connectivity index (χ1) is 19.6. The standard InChI is InChI=1S/C32H43F2N3O4/c1-20(38)30(27-15-22(33)16-29-26(27)14-21(19-41-29)32(2,3)34)37-12-10-24(18-37)40-13-6-5-8-23-17-28(39-4)25-9-7-11-35-31(25)36-23/h15-17,21,24,30,38H,1,5-14,18-19H2,2-4H3,(H,35,36)/t21?,24-,30-/m1/s1. The minimum Gasteiger partial charge on any atom is -0.511 e. The molecule has 3 aliphatic rings. The Hall–Kier alpha value is -2.91. The lowest BCUT2D eigenvalue weighted by atomic mass is 9.82. The maximum absolute atomic E-state index is 14.8. The summed E-state index contributed by atoms with van der Waals surface area (Å²) in [5.74, 6) is 1.40. The average molecular weight is 572 g/mol. The number of benzene rings is 1. The van der Waals surface area contributed by atoms with Crippen LogP contribution in [0.2, 0.25) is 0 Å². The number of nitrogens with one attached hydrogen (secondary N) is 1. The highest BCUT2D eigenvalue weighted by molar-refractivity contribution is 5.55. The Balaban J connectivity index is 1.17. The zero-order chi connectivity index (χ0) is 29.1. The summed E-state index contributed by atoms with van der Waals surface area (Å²) in [6.07, 6.45) is 5.98. The van der Waals surface area contributed by atoms with Crippen molar-refractivity contribution in [2.24, 2.45) is 5.92 Å². The Kier molecular flexibility index (Phi) is 9.04. The molecule has 4 heterocycles. The topological polar surface area (TPSA) is 76.1 Å². The third-order valence-electron chi connectivity index (χ3n) is 8.65. The van der Waals surface area contributed by atoms with E-state index in [0.717, 1.165) is 73.5 Å². The summed E-state index contributed by atoms with van der Waals surface area (Å²) >= 11 is 0. The van der Waals surface area contributed by atoms with Crippen LogP contribution in [0.25, 0.3) is 0 Å². The molecule has 41 heavy (non-hydrogen) atoms. The molecule has 1 aromatic heterocycles. The third-order valence-corrected chi connectivity index (χ3v) is 8.65. The van der Waals surface area contributed by atoms with Gasteiger partial charge in [0, 0.05) is 61.1 Å². The molecule has 7 nitrogen and oxygen atoms in total. The van der Waals surface area contributed by atoms with E-state index in [1.165, 1.54) is 26.0 Å². The van der Waals surface area contributed by atoms with Crippen LogP contribution in [-0.2, 0) is 24.0 Å². The molecule has 0 bridgehead atoms. The van der Waals surface area contributed by atoms with Gasteiger partial charge in [0.25, 0.3) is 0 Å². The molecular formula is C32H43F2N3O4. The van der Waals surface area contributed by atoms with E-state index in [1.54, 1.807) is 7.11 Å². The number of halogens is 2.